The van der Waals surface area contributed by atoms with E-state index in [1.54, 1.807) is 0 Å². The fraction of sp³-hybridized carbons (Fsp3) is 0.375. The van der Waals surface area contributed by atoms with Gasteiger partial charge in [0.2, 0.25) is 0 Å². The van der Waals surface area contributed by atoms with Crippen LogP contribution in [0.4, 0.5) is 0 Å². The molecule has 0 amide bonds. The van der Waals surface area contributed by atoms with Crippen LogP contribution in [0, 0.1) is 23.7 Å². The topological polar surface area (TPSA) is 57.5 Å². The number of rotatable bonds is 2. The summed E-state index contributed by atoms with van der Waals surface area (Å²) in [5.74, 6) is 8.75. The number of carbonyl (C=O) groups is 1. The molecule has 0 rings (SSSR count). The van der Waals surface area contributed by atoms with Crippen molar-refractivity contribution in [3.05, 3.63) is 0 Å². The monoisotopic (exact) mass is 152 g/mol. The van der Waals surface area contributed by atoms with Crippen molar-refractivity contribution in [2.24, 2.45) is 0 Å². The zero-order chi connectivity index (χ0) is 8.53. The molecule has 0 aromatic rings. The van der Waals surface area contributed by atoms with E-state index in [-0.39, 0.29) is 13.0 Å². The molecule has 0 aliphatic rings. The van der Waals surface area contributed by atoms with Gasteiger partial charge >= 0.3 is 5.97 Å². The zero-order valence-electron chi connectivity index (χ0n) is 5.92. The molecular weight excluding hydrogens is 144 g/mol. The lowest BCUT2D eigenvalue weighted by Crippen LogP contribution is -1.91. The van der Waals surface area contributed by atoms with Crippen LogP contribution in [0.1, 0.15) is 12.8 Å². The summed E-state index contributed by atoms with van der Waals surface area (Å²) in [5.41, 5.74) is 0. The SMILES string of the molecule is O=C(O)CCC#CC#CCO. The van der Waals surface area contributed by atoms with Crippen LogP contribution in [0.2, 0.25) is 0 Å². The van der Waals surface area contributed by atoms with Gasteiger partial charge in [0.15, 0.2) is 0 Å². The van der Waals surface area contributed by atoms with Crippen LogP contribution in [0.5, 0.6) is 0 Å². The molecule has 0 radical (unpaired) electrons. The van der Waals surface area contributed by atoms with E-state index in [1.165, 1.54) is 0 Å². The lowest BCUT2D eigenvalue weighted by Gasteiger charge is -1.80. The van der Waals surface area contributed by atoms with Gasteiger partial charge in [0.05, 0.1) is 6.42 Å². The highest BCUT2D eigenvalue weighted by atomic mass is 16.4. The molecule has 3 nitrogen and oxygen atoms in total. The van der Waals surface area contributed by atoms with Crippen LogP contribution in [0.3, 0.4) is 0 Å². The third kappa shape index (κ3) is 8.55. The Kier molecular flexibility index (Phi) is 5.79. The summed E-state index contributed by atoms with van der Waals surface area (Å²) >= 11 is 0. The van der Waals surface area contributed by atoms with Gasteiger partial charge in [-0.1, -0.05) is 11.8 Å². The Morgan fingerprint density at radius 1 is 1.27 bits per heavy atom. The molecule has 0 fully saturated rings. The minimum absolute atomic E-state index is 0.0355. The molecule has 0 saturated carbocycles. The Morgan fingerprint density at radius 3 is 2.45 bits per heavy atom. The van der Waals surface area contributed by atoms with Crippen molar-refractivity contribution in [1.29, 1.82) is 0 Å². The molecule has 58 valence electrons. The number of aliphatic hydroxyl groups is 1. The Morgan fingerprint density at radius 2 is 1.91 bits per heavy atom. The summed E-state index contributed by atoms with van der Waals surface area (Å²) in [5, 5.41) is 16.3. The molecule has 0 aliphatic carbocycles. The smallest absolute Gasteiger partial charge is 0.304 e. The van der Waals surface area contributed by atoms with Crippen molar-refractivity contribution in [3.8, 4) is 23.7 Å². The van der Waals surface area contributed by atoms with E-state index in [9.17, 15) is 4.79 Å². The van der Waals surface area contributed by atoms with E-state index < -0.39 is 5.97 Å². The van der Waals surface area contributed by atoms with Gasteiger partial charge in [-0.15, -0.1) is 0 Å². The molecule has 0 aromatic carbocycles. The second-order valence-electron chi connectivity index (χ2n) is 1.66. The molecule has 11 heavy (non-hydrogen) atoms. The summed E-state index contributed by atoms with van der Waals surface area (Å²) in [6.07, 6.45) is 0.337. The van der Waals surface area contributed by atoms with Crippen LogP contribution in [0.15, 0.2) is 0 Å². The molecule has 2 N–H and O–H groups in total. The van der Waals surface area contributed by atoms with Gasteiger partial charge in [-0.05, 0) is 11.8 Å². The largest absolute Gasteiger partial charge is 0.481 e. The molecule has 0 bridgehead atoms. The quantitative estimate of drug-likeness (QED) is 0.541. The lowest BCUT2D eigenvalue weighted by molar-refractivity contribution is -0.136. The second kappa shape index (κ2) is 6.67. The van der Waals surface area contributed by atoms with E-state index in [1.807, 2.05) is 0 Å². The van der Waals surface area contributed by atoms with Crippen molar-refractivity contribution in [2.45, 2.75) is 12.8 Å². The highest BCUT2D eigenvalue weighted by Crippen LogP contribution is 1.83. The maximum absolute atomic E-state index is 9.94. The maximum atomic E-state index is 9.94. The molecular formula is C8H8O3. The van der Waals surface area contributed by atoms with Crippen LogP contribution in [-0.2, 0) is 4.79 Å². The fourth-order valence-corrected chi connectivity index (χ4v) is 0.360. The average Bonchev–Trinajstić information content (AvgIpc) is 1.96. The van der Waals surface area contributed by atoms with E-state index in [4.69, 9.17) is 10.2 Å². The third-order valence-corrected chi connectivity index (χ3v) is 0.782. The highest BCUT2D eigenvalue weighted by Gasteiger charge is 1.90. The van der Waals surface area contributed by atoms with E-state index in [0.717, 1.165) is 0 Å². The van der Waals surface area contributed by atoms with Crippen molar-refractivity contribution in [1.82, 2.24) is 0 Å². The first-order valence-corrected chi connectivity index (χ1v) is 3.05. The normalized spacial score (nSPS) is 7.00. The molecule has 3 heteroatoms. The molecule has 0 aromatic heterocycles. The van der Waals surface area contributed by atoms with E-state index in [0.29, 0.717) is 6.42 Å². The van der Waals surface area contributed by atoms with Crippen molar-refractivity contribution < 1.29 is 15.0 Å². The summed E-state index contributed by atoms with van der Waals surface area (Å²) in [7, 11) is 0. The van der Waals surface area contributed by atoms with Crippen LogP contribution in [0.25, 0.3) is 0 Å². The number of carboxylic acid groups (broad SMARTS) is 1. The summed E-state index contributed by atoms with van der Waals surface area (Å²) in [6.45, 7) is -0.215. The second-order valence-corrected chi connectivity index (χ2v) is 1.66. The van der Waals surface area contributed by atoms with Crippen molar-refractivity contribution >= 4 is 5.97 Å². The third-order valence-electron chi connectivity index (χ3n) is 0.782. The zero-order valence-corrected chi connectivity index (χ0v) is 5.92. The minimum Gasteiger partial charge on any atom is -0.481 e. The van der Waals surface area contributed by atoms with Gasteiger partial charge in [-0.25, -0.2) is 0 Å². The molecule has 0 heterocycles. The summed E-state index contributed by atoms with van der Waals surface area (Å²) in [6, 6.07) is 0. The van der Waals surface area contributed by atoms with Gasteiger partial charge in [0, 0.05) is 6.42 Å². The van der Waals surface area contributed by atoms with Crippen LogP contribution >= 0.6 is 0 Å². The predicted octanol–water partition coefficient (Wildman–Crippen LogP) is -0.150. The number of carboxylic acids is 1. The first kappa shape index (κ1) is 9.55. The first-order valence-electron chi connectivity index (χ1n) is 3.05. The van der Waals surface area contributed by atoms with E-state index in [2.05, 4.69) is 23.7 Å². The standard InChI is InChI=1S/C8H8O3/c9-7-5-3-1-2-4-6-8(10)11/h9H,4,6-7H2,(H,10,11). The highest BCUT2D eigenvalue weighted by molar-refractivity contribution is 5.67. The van der Waals surface area contributed by atoms with Crippen molar-refractivity contribution in [3.63, 3.8) is 0 Å². The molecule has 0 spiro atoms. The van der Waals surface area contributed by atoms with Gasteiger partial charge in [-0.3, -0.25) is 4.79 Å². The van der Waals surface area contributed by atoms with Gasteiger partial charge < -0.3 is 10.2 Å². The Bertz CT molecular complexity index is 234. The maximum Gasteiger partial charge on any atom is 0.304 e. The molecule has 0 saturated heterocycles. The lowest BCUT2D eigenvalue weighted by atomic mass is 10.3. The van der Waals surface area contributed by atoms with Gasteiger partial charge in [0.25, 0.3) is 0 Å². The van der Waals surface area contributed by atoms with Gasteiger partial charge in [0.1, 0.15) is 6.61 Å². The average molecular weight is 152 g/mol. The van der Waals surface area contributed by atoms with Crippen LogP contribution in [-0.4, -0.2) is 22.8 Å². The Balaban J connectivity index is 3.48. The molecule has 0 atom stereocenters. The Labute approximate surface area is 65.0 Å². The Hall–Kier alpha value is -1.45. The minimum atomic E-state index is -0.866. The van der Waals surface area contributed by atoms with Crippen LogP contribution < -0.4 is 0 Å². The predicted molar refractivity (Wildman–Crippen MR) is 39.5 cm³/mol. The number of hydrogen-bond donors (Lipinski definition) is 2. The fourth-order valence-electron chi connectivity index (χ4n) is 0.360. The molecule has 0 aliphatic heterocycles. The summed E-state index contributed by atoms with van der Waals surface area (Å²) < 4.78 is 0. The van der Waals surface area contributed by atoms with Crippen molar-refractivity contribution in [2.75, 3.05) is 6.61 Å². The number of hydrogen-bond acceptors (Lipinski definition) is 2. The van der Waals surface area contributed by atoms with E-state index >= 15 is 0 Å². The van der Waals surface area contributed by atoms with Gasteiger partial charge in [-0.2, -0.15) is 0 Å². The first-order chi connectivity index (χ1) is 5.27. The number of aliphatic hydroxyl groups excluding tert-OH is 1. The number of aliphatic carboxylic acids is 1. The molecule has 0 unspecified atom stereocenters. The summed E-state index contributed by atoms with van der Waals surface area (Å²) in [4.78, 5) is 9.94.